The summed E-state index contributed by atoms with van der Waals surface area (Å²) in [6.07, 6.45) is 2.73. The first kappa shape index (κ1) is 20.4. The molecule has 152 valence electrons. The second-order valence-corrected chi connectivity index (χ2v) is 7.30. The number of aromatic nitrogens is 1. The van der Waals surface area contributed by atoms with Gasteiger partial charge in [-0.3, -0.25) is 9.89 Å². The molecule has 1 aromatic carbocycles. The van der Waals surface area contributed by atoms with E-state index in [0.29, 0.717) is 0 Å². The molecule has 0 bridgehead atoms. The van der Waals surface area contributed by atoms with Gasteiger partial charge in [-0.05, 0) is 25.6 Å². The lowest BCUT2D eigenvalue weighted by Gasteiger charge is -2.36. The predicted octanol–water partition coefficient (Wildman–Crippen LogP) is 1.89. The van der Waals surface area contributed by atoms with E-state index in [9.17, 15) is 0 Å². The van der Waals surface area contributed by atoms with Crippen molar-refractivity contribution in [3.63, 3.8) is 0 Å². The summed E-state index contributed by atoms with van der Waals surface area (Å²) < 4.78 is 4.92. The van der Waals surface area contributed by atoms with Gasteiger partial charge < -0.3 is 19.6 Å². The molecule has 0 spiro atoms. The molecule has 0 aliphatic carbocycles. The van der Waals surface area contributed by atoms with Gasteiger partial charge in [-0.15, -0.1) is 0 Å². The molecule has 3 rings (SSSR count). The number of hydrogen-bond acceptors (Lipinski definition) is 5. The van der Waals surface area contributed by atoms with E-state index in [0.717, 1.165) is 70.4 Å². The Kier molecular flexibility index (Phi) is 7.87. The molecule has 1 aromatic heterocycles. The molecule has 1 aliphatic heterocycles. The molecule has 0 unspecified atom stereocenters. The van der Waals surface area contributed by atoms with Gasteiger partial charge in [0.1, 0.15) is 6.26 Å². The van der Waals surface area contributed by atoms with Gasteiger partial charge in [-0.25, -0.2) is 0 Å². The fourth-order valence-corrected chi connectivity index (χ4v) is 3.52. The van der Waals surface area contributed by atoms with Crippen LogP contribution in [0, 0.1) is 0 Å². The van der Waals surface area contributed by atoms with Gasteiger partial charge in [-0.2, -0.15) is 0 Å². The molecule has 2 heterocycles. The Balaban J connectivity index is 1.32. The number of aliphatic imine (C=N–C) groups is 1. The monoisotopic (exact) mass is 384 g/mol. The van der Waals surface area contributed by atoms with Crippen molar-refractivity contribution >= 4 is 5.96 Å². The number of hydrogen-bond donors (Lipinski definition) is 1. The van der Waals surface area contributed by atoms with E-state index in [4.69, 9.17) is 4.52 Å². The molecule has 0 atom stereocenters. The molecule has 7 nitrogen and oxygen atoms in total. The average molecular weight is 385 g/mol. The summed E-state index contributed by atoms with van der Waals surface area (Å²) in [4.78, 5) is 11.6. The minimum absolute atomic E-state index is 0.851. The van der Waals surface area contributed by atoms with Gasteiger partial charge in [0.15, 0.2) is 5.96 Å². The minimum atomic E-state index is 0.851. The third-order valence-electron chi connectivity index (χ3n) is 5.06. The quantitative estimate of drug-likeness (QED) is 0.426. The van der Waals surface area contributed by atoms with Crippen LogP contribution in [0.25, 0.3) is 0 Å². The lowest BCUT2D eigenvalue weighted by Crippen LogP contribution is -2.52. The van der Waals surface area contributed by atoms with Crippen LogP contribution in [-0.2, 0) is 13.1 Å². The fraction of sp³-hybridized carbons (Fsp3) is 0.524. The van der Waals surface area contributed by atoms with Crippen molar-refractivity contribution in [3.05, 3.63) is 53.9 Å². The standard InChI is InChI=1S/C21H32N6O/c1-22-21(23-10-6-11-25(2)17-19-7-4-3-5-8-19)27-14-12-26(13-15-27)18-20-9-16-28-24-20/h3-5,7-9,16H,6,10-15,17-18H2,1-2H3,(H,22,23). The highest BCUT2D eigenvalue weighted by molar-refractivity contribution is 5.79. The van der Waals surface area contributed by atoms with Crippen LogP contribution >= 0.6 is 0 Å². The third-order valence-corrected chi connectivity index (χ3v) is 5.06. The minimum Gasteiger partial charge on any atom is -0.364 e. The molecular formula is C21H32N6O. The molecule has 1 fully saturated rings. The van der Waals surface area contributed by atoms with E-state index in [1.54, 1.807) is 6.26 Å². The molecule has 28 heavy (non-hydrogen) atoms. The zero-order valence-corrected chi connectivity index (χ0v) is 17.0. The zero-order chi connectivity index (χ0) is 19.6. The highest BCUT2D eigenvalue weighted by Crippen LogP contribution is 2.07. The summed E-state index contributed by atoms with van der Waals surface area (Å²) in [7, 11) is 4.04. The molecule has 0 radical (unpaired) electrons. The highest BCUT2D eigenvalue weighted by Gasteiger charge is 2.20. The maximum Gasteiger partial charge on any atom is 0.193 e. The average Bonchev–Trinajstić information content (AvgIpc) is 3.23. The number of benzene rings is 1. The predicted molar refractivity (Wildman–Crippen MR) is 112 cm³/mol. The lowest BCUT2D eigenvalue weighted by atomic mass is 10.2. The third kappa shape index (κ3) is 6.35. The number of piperazine rings is 1. The van der Waals surface area contributed by atoms with Crippen LogP contribution in [0.2, 0.25) is 0 Å². The van der Waals surface area contributed by atoms with Crippen molar-refractivity contribution in [2.24, 2.45) is 4.99 Å². The van der Waals surface area contributed by atoms with Crippen LogP contribution in [-0.4, -0.2) is 79.2 Å². The second-order valence-electron chi connectivity index (χ2n) is 7.30. The molecule has 1 aliphatic rings. The first-order valence-corrected chi connectivity index (χ1v) is 10.0. The van der Waals surface area contributed by atoms with Crippen LogP contribution < -0.4 is 5.32 Å². The fourth-order valence-electron chi connectivity index (χ4n) is 3.52. The van der Waals surface area contributed by atoms with Crippen LogP contribution in [0.5, 0.6) is 0 Å². The SMILES string of the molecule is CN=C(NCCCN(C)Cc1ccccc1)N1CCN(Cc2ccon2)CC1. The molecular weight excluding hydrogens is 352 g/mol. The van der Waals surface area contributed by atoms with Gasteiger partial charge in [0.2, 0.25) is 0 Å². The first-order chi connectivity index (χ1) is 13.7. The molecule has 1 N–H and O–H groups in total. The number of nitrogens with one attached hydrogen (secondary N) is 1. The Morgan fingerprint density at radius 1 is 1.18 bits per heavy atom. The Hall–Kier alpha value is -2.38. The van der Waals surface area contributed by atoms with E-state index >= 15 is 0 Å². The van der Waals surface area contributed by atoms with E-state index < -0.39 is 0 Å². The van der Waals surface area contributed by atoms with Crippen molar-refractivity contribution < 1.29 is 4.52 Å². The van der Waals surface area contributed by atoms with Crippen LogP contribution in [0.15, 0.2) is 52.2 Å². The Morgan fingerprint density at radius 2 is 1.96 bits per heavy atom. The topological polar surface area (TPSA) is 60.1 Å². The first-order valence-electron chi connectivity index (χ1n) is 10.0. The Labute approximate surface area is 168 Å². The van der Waals surface area contributed by atoms with Crippen molar-refractivity contribution in [2.45, 2.75) is 19.5 Å². The van der Waals surface area contributed by atoms with E-state index in [-0.39, 0.29) is 0 Å². The van der Waals surface area contributed by atoms with Crippen molar-refractivity contribution in [3.8, 4) is 0 Å². The summed E-state index contributed by atoms with van der Waals surface area (Å²) in [5.41, 5.74) is 2.35. The van der Waals surface area contributed by atoms with Gasteiger partial charge in [0.05, 0.1) is 5.69 Å². The Morgan fingerprint density at radius 3 is 2.64 bits per heavy atom. The zero-order valence-electron chi connectivity index (χ0n) is 17.0. The maximum atomic E-state index is 4.92. The van der Waals surface area contributed by atoms with Gasteiger partial charge in [0, 0.05) is 58.9 Å². The van der Waals surface area contributed by atoms with E-state index in [2.05, 4.69) is 67.5 Å². The van der Waals surface area contributed by atoms with Gasteiger partial charge >= 0.3 is 0 Å². The smallest absolute Gasteiger partial charge is 0.193 e. The highest BCUT2D eigenvalue weighted by atomic mass is 16.5. The van der Waals surface area contributed by atoms with Crippen LogP contribution in [0.1, 0.15) is 17.7 Å². The molecule has 0 saturated carbocycles. The van der Waals surface area contributed by atoms with Gasteiger partial charge in [-0.1, -0.05) is 35.5 Å². The number of guanidine groups is 1. The second kappa shape index (κ2) is 10.8. The molecule has 1 saturated heterocycles. The summed E-state index contributed by atoms with van der Waals surface area (Å²) in [5, 5.41) is 7.52. The molecule has 2 aromatic rings. The van der Waals surface area contributed by atoms with Crippen molar-refractivity contribution in [1.82, 2.24) is 25.2 Å². The summed E-state index contributed by atoms with van der Waals surface area (Å²) >= 11 is 0. The summed E-state index contributed by atoms with van der Waals surface area (Å²) in [6.45, 7) is 7.81. The maximum absolute atomic E-state index is 4.92. The van der Waals surface area contributed by atoms with E-state index in [1.165, 1.54) is 5.56 Å². The largest absolute Gasteiger partial charge is 0.364 e. The summed E-state index contributed by atoms with van der Waals surface area (Å²) in [5.74, 6) is 1.01. The van der Waals surface area contributed by atoms with E-state index in [1.807, 2.05) is 13.1 Å². The van der Waals surface area contributed by atoms with Crippen LogP contribution in [0.3, 0.4) is 0 Å². The molecule has 0 amide bonds. The van der Waals surface area contributed by atoms with Gasteiger partial charge in [0.25, 0.3) is 0 Å². The van der Waals surface area contributed by atoms with Crippen molar-refractivity contribution in [2.75, 3.05) is 53.4 Å². The normalized spacial score (nSPS) is 16.0. The summed E-state index contributed by atoms with van der Waals surface area (Å²) in [6, 6.07) is 12.5. The van der Waals surface area contributed by atoms with Crippen molar-refractivity contribution in [1.29, 1.82) is 0 Å². The van der Waals surface area contributed by atoms with Crippen LogP contribution in [0.4, 0.5) is 0 Å². The number of rotatable bonds is 8. The lowest BCUT2D eigenvalue weighted by molar-refractivity contribution is 0.169. The Bertz CT molecular complexity index is 695. The molecule has 7 heteroatoms. The number of nitrogens with zero attached hydrogens (tertiary/aromatic N) is 5.